The normalized spacial score (nSPS) is 10.7. The van der Waals surface area contributed by atoms with Crippen LogP contribution >= 0.6 is 0 Å². The maximum absolute atomic E-state index is 4.32. The highest BCUT2D eigenvalue weighted by Gasteiger charge is 1.98. The van der Waals surface area contributed by atoms with Gasteiger partial charge in [-0.3, -0.25) is 4.40 Å². The van der Waals surface area contributed by atoms with E-state index in [-0.39, 0.29) is 0 Å². The van der Waals surface area contributed by atoms with Gasteiger partial charge < -0.3 is 0 Å². The minimum atomic E-state index is 0.944. The molecule has 2 heteroatoms. The quantitative estimate of drug-likeness (QED) is 0.552. The highest BCUT2D eigenvalue weighted by Crippen LogP contribution is 2.07. The van der Waals surface area contributed by atoms with Crippen molar-refractivity contribution in [3.8, 4) is 0 Å². The number of hydrogen-bond donors (Lipinski definition) is 0. The second-order valence-corrected chi connectivity index (χ2v) is 2.69. The van der Waals surface area contributed by atoms with Gasteiger partial charge in [-0.25, -0.2) is 4.98 Å². The minimum absolute atomic E-state index is 0.944. The van der Waals surface area contributed by atoms with Gasteiger partial charge in [-0.2, -0.15) is 0 Å². The molecule has 2 aromatic rings. The number of fused-ring (bicyclic) bond motifs is 1. The van der Waals surface area contributed by atoms with Crippen LogP contribution in [0.5, 0.6) is 0 Å². The topological polar surface area (TPSA) is 17.3 Å². The van der Waals surface area contributed by atoms with Gasteiger partial charge >= 0.3 is 0 Å². The molecule has 0 aliphatic carbocycles. The Bertz CT molecular complexity index is 387. The SMILES string of the molecule is Cc1[c]n2cccc(C)c2n1. The summed E-state index contributed by atoms with van der Waals surface area (Å²) in [5, 5.41) is 0. The summed E-state index contributed by atoms with van der Waals surface area (Å²) < 4.78 is 1.92. The van der Waals surface area contributed by atoms with Gasteiger partial charge in [-0.05, 0) is 25.5 Å². The summed E-state index contributed by atoms with van der Waals surface area (Å²) in [6.07, 6.45) is 5.07. The van der Waals surface area contributed by atoms with Crippen LogP contribution in [0.4, 0.5) is 0 Å². The summed E-state index contributed by atoms with van der Waals surface area (Å²) in [6.45, 7) is 4.00. The van der Waals surface area contributed by atoms with Crippen LogP contribution in [0.25, 0.3) is 5.65 Å². The fraction of sp³-hybridized carbons (Fsp3) is 0.222. The Morgan fingerprint density at radius 1 is 1.45 bits per heavy atom. The Hall–Kier alpha value is -1.31. The lowest BCUT2D eigenvalue weighted by molar-refractivity contribution is 1.15. The van der Waals surface area contributed by atoms with Gasteiger partial charge in [0, 0.05) is 6.20 Å². The van der Waals surface area contributed by atoms with Crippen molar-refractivity contribution in [1.82, 2.24) is 9.38 Å². The number of nitrogens with zero attached hydrogens (tertiary/aromatic N) is 2. The first kappa shape index (κ1) is 6.40. The van der Waals surface area contributed by atoms with Gasteiger partial charge in [0.05, 0.1) is 11.9 Å². The third kappa shape index (κ3) is 0.909. The summed E-state index contributed by atoms with van der Waals surface area (Å²) in [5.41, 5.74) is 3.14. The maximum Gasteiger partial charge on any atom is 0.140 e. The van der Waals surface area contributed by atoms with E-state index in [0.717, 1.165) is 11.3 Å². The molecule has 0 saturated carbocycles. The van der Waals surface area contributed by atoms with E-state index in [2.05, 4.69) is 24.2 Å². The number of hydrogen-bond acceptors (Lipinski definition) is 1. The predicted molar refractivity (Wildman–Crippen MR) is 43.5 cm³/mol. The van der Waals surface area contributed by atoms with Gasteiger partial charge in [0.1, 0.15) is 5.65 Å². The minimum Gasteiger partial charge on any atom is -0.298 e. The molecule has 2 heterocycles. The van der Waals surface area contributed by atoms with Crippen LogP contribution in [0.2, 0.25) is 0 Å². The summed E-state index contributed by atoms with van der Waals surface area (Å²) in [4.78, 5) is 4.32. The van der Waals surface area contributed by atoms with Crippen LogP contribution in [0.1, 0.15) is 11.3 Å². The lowest BCUT2D eigenvalue weighted by Crippen LogP contribution is -1.84. The second kappa shape index (κ2) is 2.09. The van der Waals surface area contributed by atoms with Gasteiger partial charge in [0.25, 0.3) is 0 Å². The van der Waals surface area contributed by atoms with E-state index in [1.807, 2.05) is 23.6 Å². The molecular weight excluding hydrogens is 136 g/mol. The summed E-state index contributed by atoms with van der Waals surface area (Å²) in [5.74, 6) is 0. The number of rotatable bonds is 0. The van der Waals surface area contributed by atoms with Crippen LogP contribution < -0.4 is 0 Å². The van der Waals surface area contributed by atoms with E-state index < -0.39 is 0 Å². The smallest absolute Gasteiger partial charge is 0.140 e. The molecule has 0 saturated heterocycles. The van der Waals surface area contributed by atoms with E-state index in [0.29, 0.717) is 0 Å². The second-order valence-electron chi connectivity index (χ2n) is 2.69. The van der Waals surface area contributed by atoms with E-state index in [1.54, 1.807) is 0 Å². The molecule has 0 spiro atoms. The van der Waals surface area contributed by atoms with Gasteiger partial charge in [0.2, 0.25) is 0 Å². The van der Waals surface area contributed by atoms with E-state index in [1.165, 1.54) is 5.56 Å². The Balaban J connectivity index is 2.90. The van der Waals surface area contributed by atoms with Crippen LogP contribution in [-0.4, -0.2) is 9.38 Å². The van der Waals surface area contributed by atoms with Crippen molar-refractivity contribution in [2.75, 3.05) is 0 Å². The Morgan fingerprint density at radius 3 is 3.00 bits per heavy atom. The average molecular weight is 145 g/mol. The number of pyridine rings is 1. The average Bonchev–Trinajstić information content (AvgIpc) is 2.31. The van der Waals surface area contributed by atoms with E-state index in [4.69, 9.17) is 0 Å². The first-order valence-electron chi connectivity index (χ1n) is 3.61. The highest BCUT2D eigenvalue weighted by molar-refractivity contribution is 5.47. The summed E-state index contributed by atoms with van der Waals surface area (Å²) in [6, 6.07) is 4.05. The molecule has 0 N–H and O–H groups in total. The molecule has 2 rings (SSSR count). The van der Waals surface area contributed by atoms with Crippen molar-refractivity contribution in [3.05, 3.63) is 35.8 Å². The zero-order valence-electron chi connectivity index (χ0n) is 6.63. The van der Waals surface area contributed by atoms with Gasteiger partial charge in [-0.1, -0.05) is 6.07 Å². The van der Waals surface area contributed by atoms with E-state index >= 15 is 0 Å². The summed E-state index contributed by atoms with van der Waals surface area (Å²) in [7, 11) is 0. The van der Waals surface area contributed by atoms with Crippen LogP contribution in [0, 0.1) is 20.0 Å². The summed E-state index contributed by atoms with van der Waals surface area (Å²) >= 11 is 0. The molecule has 2 aromatic heterocycles. The van der Waals surface area contributed by atoms with E-state index in [9.17, 15) is 0 Å². The molecule has 0 fully saturated rings. The Morgan fingerprint density at radius 2 is 2.27 bits per heavy atom. The molecule has 0 bridgehead atoms. The molecule has 0 unspecified atom stereocenters. The molecule has 0 aliphatic rings. The third-order valence-corrected chi connectivity index (χ3v) is 1.72. The molecule has 0 atom stereocenters. The zero-order chi connectivity index (χ0) is 7.84. The van der Waals surface area contributed by atoms with Crippen LogP contribution in [0.3, 0.4) is 0 Å². The Kier molecular flexibility index (Phi) is 1.22. The van der Waals surface area contributed by atoms with Crippen molar-refractivity contribution in [2.45, 2.75) is 13.8 Å². The van der Waals surface area contributed by atoms with Crippen LogP contribution in [-0.2, 0) is 0 Å². The third-order valence-electron chi connectivity index (χ3n) is 1.72. The largest absolute Gasteiger partial charge is 0.298 e. The van der Waals surface area contributed by atoms with Crippen molar-refractivity contribution in [3.63, 3.8) is 0 Å². The van der Waals surface area contributed by atoms with Crippen molar-refractivity contribution >= 4 is 5.65 Å². The fourth-order valence-electron chi connectivity index (χ4n) is 1.20. The number of aryl methyl sites for hydroxylation is 2. The molecule has 55 valence electrons. The van der Waals surface area contributed by atoms with Crippen LogP contribution in [0.15, 0.2) is 18.3 Å². The maximum atomic E-state index is 4.32. The first-order chi connectivity index (χ1) is 5.27. The van der Waals surface area contributed by atoms with Gasteiger partial charge in [-0.15, -0.1) is 0 Å². The molecular formula is C9H9N2. The fourth-order valence-corrected chi connectivity index (χ4v) is 1.20. The van der Waals surface area contributed by atoms with Crippen molar-refractivity contribution < 1.29 is 0 Å². The predicted octanol–water partition coefficient (Wildman–Crippen LogP) is 1.75. The zero-order valence-corrected chi connectivity index (χ0v) is 6.63. The Labute approximate surface area is 65.5 Å². The standard InChI is InChI=1S/C9H9N2/c1-7-4-3-5-11-6-8(2)10-9(7)11/h3-5H,1-2H3. The number of imidazole rings is 1. The molecule has 0 aliphatic heterocycles. The molecule has 1 radical (unpaired) electrons. The lowest BCUT2D eigenvalue weighted by atomic mass is 10.3. The molecule has 2 nitrogen and oxygen atoms in total. The number of aromatic nitrogens is 2. The molecule has 11 heavy (non-hydrogen) atoms. The van der Waals surface area contributed by atoms with Crippen molar-refractivity contribution in [2.24, 2.45) is 0 Å². The van der Waals surface area contributed by atoms with Crippen molar-refractivity contribution in [1.29, 1.82) is 0 Å². The highest BCUT2D eigenvalue weighted by atomic mass is 15.0. The monoisotopic (exact) mass is 145 g/mol. The van der Waals surface area contributed by atoms with Gasteiger partial charge in [0.15, 0.2) is 0 Å². The molecule has 0 amide bonds. The first-order valence-corrected chi connectivity index (χ1v) is 3.61. The molecule has 0 aromatic carbocycles. The lowest BCUT2D eigenvalue weighted by Gasteiger charge is -1.93.